The molecule has 0 radical (unpaired) electrons. The Morgan fingerprint density at radius 3 is 2.42 bits per heavy atom. The molecule has 2 N–H and O–H groups in total. The summed E-state index contributed by atoms with van der Waals surface area (Å²) in [6.45, 7) is 6.40. The number of benzene rings is 2. The number of sulfonamides is 1. The molecule has 0 aliphatic rings. The standard InChI is InChI=1S/C19H24N2O4S/c1-13-7-5-10-18(14(13)2)25-12-11-20-19(22)16-8-6-9-17(15(16)3)21-26(4,23)24/h5-10,21H,11-12H2,1-4H3,(H,20,22). The third-order valence-electron chi connectivity index (χ3n) is 4.07. The average molecular weight is 376 g/mol. The maximum Gasteiger partial charge on any atom is 0.251 e. The fraction of sp³-hybridized carbons (Fsp3) is 0.316. The summed E-state index contributed by atoms with van der Waals surface area (Å²) in [5.41, 5.74) is 3.62. The van der Waals surface area contributed by atoms with E-state index in [1.54, 1.807) is 25.1 Å². The predicted octanol–water partition coefficient (Wildman–Crippen LogP) is 2.79. The van der Waals surface area contributed by atoms with Crippen molar-refractivity contribution < 1.29 is 17.9 Å². The quantitative estimate of drug-likeness (QED) is 0.728. The summed E-state index contributed by atoms with van der Waals surface area (Å²) < 4.78 is 30.9. The monoisotopic (exact) mass is 376 g/mol. The summed E-state index contributed by atoms with van der Waals surface area (Å²) in [5, 5.41) is 2.79. The van der Waals surface area contributed by atoms with E-state index in [-0.39, 0.29) is 5.91 Å². The molecule has 1 amide bonds. The molecule has 0 saturated carbocycles. The van der Waals surface area contributed by atoms with Gasteiger partial charge in [0.25, 0.3) is 5.91 Å². The summed E-state index contributed by atoms with van der Waals surface area (Å²) in [7, 11) is -3.40. The summed E-state index contributed by atoms with van der Waals surface area (Å²) in [4.78, 5) is 12.4. The van der Waals surface area contributed by atoms with E-state index < -0.39 is 10.0 Å². The van der Waals surface area contributed by atoms with Gasteiger partial charge in [0, 0.05) is 5.56 Å². The molecule has 7 heteroatoms. The number of amides is 1. The van der Waals surface area contributed by atoms with Crippen LogP contribution in [-0.4, -0.2) is 33.7 Å². The summed E-state index contributed by atoms with van der Waals surface area (Å²) in [5.74, 6) is 0.527. The summed E-state index contributed by atoms with van der Waals surface area (Å²) in [6, 6.07) is 10.8. The molecule has 0 aromatic heterocycles. The van der Waals surface area contributed by atoms with E-state index in [4.69, 9.17) is 4.74 Å². The van der Waals surface area contributed by atoms with Gasteiger partial charge in [0.2, 0.25) is 10.0 Å². The zero-order chi connectivity index (χ0) is 19.3. The van der Waals surface area contributed by atoms with Gasteiger partial charge < -0.3 is 10.1 Å². The van der Waals surface area contributed by atoms with Crippen molar-refractivity contribution in [3.05, 3.63) is 58.7 Å². The number of ether oxygens (including phenoxy) is 1. The fourth-order valence-corrected chi connectivity index (χ4v) is 3.11. The van der Waals surface area contributed by atoms with Gasteiger partial charge in [0.1, 0.15) is 12.4 Å². The second kappa shape index (κ2) is 8.23. The minimum atomic E-state index is -3.40. The van der Waals surface area contributed by atoms with Crippen molar-refractivity contribution in [1.29, 1.82) is 0 Å². The van der Waals surface area contributed by atoms with Crippen molar-refractivity contribution in [2.45, 2.75) is 20.8 Å². The van der Waals surface area contributed by atoms with E-state index in [0.717, 1.165) is 23.1 Å². The Bertz CT molecular complexity index is 908. The average Bonchev–Trinajstić information content (AvgIpc) is 2.55. The van der Waals surface area contributed by atoms with Crippen molar-refractivity contribution in [2.24, 2.45) is 0 Å². The van der Waals surface area contributed by atoms with E-state index in [0.29, 0.717) is 30.0 Å². The molecule has 2 aromatic rings. The van der Waals surface area contributed by atoms with Crippen molar-refractivity contribution in [2.75, 3.05) is 24.1 Å². The summed E-state index contributed by atoms with van der Waals surface area (Å²) >= 11 is 0. The maximum absolute atomic E-state index is 12.4. The van der Waals surface area contributed by atoms with Gasteiger partial charge in [-0.2, -0.15) is 0 Å². The largest absolute Gasteiger partial charge is 0.491 e. The number of carbonyl (C=O) groups excluding carboxylic acids is 1. The van der Waals surface area contributed by atoms with E-state index in [2.05, 4.69) is 10.0 Å². The highest BCUT2D eigenvalue weighted by molar-refractivity contribution is 7.92. The Morgan fingerprint density at radius 2 is 1.73 bits per heavy atom. The lowest BCUT2D eigenvalue weighted by Crippen LogP contribution is -2.29. The molecule has 0 atom stereocenters. The van der Waals surface area contributed by atoms with Crippen LogP contribution in [0.4, 0.5) is 5.69 Å². The molecule has 6 nitrogen and oxygen atoms in total. The molecule has 0 aliphatic heterocycles. The Labute approximate surface area is 154 Å². The Kier molecular flexibility index (Phi) is 6.26. The van der Waals surface area contributed by atoms with Crippen molar-refractivity contribution in [3.8, 4) is 5.75 Å². The first-order valence-electron chi connectivity index (χ1n) is 8.23. The smallest absolute Gasteiger partial charge is 0.251 e. The van der Waals surface area contributed by atoms with Gasteiger partial charge in [-0.05, 0) is 55.7 Å². The molecule has 0 spiro atoms. The van der Waals surface area contributed by atoms with Crippen LogP contribution in [0.3, 0.4) is 0 Å². The highest BCUT2D eigenvalue weighted by Gasteiger charge is 2.13. The Hall–Kier alpha value is -2.54. The lowest BCUT2D eigenvalue weighted by molar-refractivity contribution is 0.0946. The molecule has 0 bridgehead atoms. The molecular weight excluding hydrogens is 352 g/mol. The zero-order valence-corrected chi connectivity index (χ0v) is 16.2. The number of hydrogen-bond acceptors (Lipinski definition) is 4. The van der Waals surface area contributed by atoms with Crippen LogP contribution >= 0.6 is 0 Å². The van der Waals surface area contributed by atoms with Crippen LogP contribution in [0, 0.1) is 20.8 Å². The van der Waals surface area contributed by atoms with Crippen LogP contribution in [0.5, 0.6) is 5.75 Å². The topological polar surface area (TPSA) is 84.5 Å². The first-order chi connectivity index (χ1) is 12.2. The molecule has 0 saturated heterocycles. The van der Waals surface area contributed by atoms with Gasteiger partial charge in [0.15, 0.2) is 0 Å². The number of hydrogen-bond donors (Lipinski definition) is 2. The SMILES string of the molecule is Cc1cccc(OCCNC(=O)c2cccc(NS(C)(=O)=O)c2C)c1C. The molecule has 0 aliphatic carbocycles. The van der Waals surface area contributed by atoms with E-state index in [9.17, 15) is 13.2 Å². The molecule has 26 heavy (non-hydrogen) atoms. The lowest BCUT2D eigenvalue weighted by atomic mass is 10.1. The second-order valence-corrected chi connectivity index (χ2v) is 7.90. The lowest BCUT2D eigenvalue weighted by Gasteiger charge is -2.13. The number of carbonyl (C=O) groups is 1. The zero-order valence-electron chi connectivity index (χ0n) is 15.4. The van der Waals surface area contributed by atoms with Gasteiger partial charge in [-0.15, -0.1) is 0 Å². The Morgan fingerprint density at radius 1 is 1.04 bits per heavy atom. The highest BCUT2D eigenvalue weighted by atomic mass is 32.2. The van der Waals surface area contributed by atoms with E-state index in [1.165, 1.54) is 0 Å². The normalized spacial score (nSPS) is 11.1. The fourth-order valence-electron chi connectivity index (χ4n) is 2.49. The number of nitrogens with one attached hydrogen (secondary N) is 2. The van der Waals surface area contributed by atoms with Crippen molar-refractivity contribution in [3.63, 3.8) is 0 Å². The first kappa shape index (κ1) is 19.8. The van der Waals surface area contributed by atoms with Gasteiger partial charge >= 0.3 is 0 Å². The van der Waals surface area contributed by atoms with Crippen LogP contribution in [0.2, 0.25) is 0 Å². The van der Waals surface area contributed by atoms with Crippen molar-refractivity contribution >= 4 is 21.6 Å². The third kappa shape index (κ3) is 5.23. The Balaban J connectivity index is 1.96. The van der Waals surface area contributed by atoms with Gasteiger partial charge in [-0.3, -0.25) is 9.52 Å². The van der Waals surface area contributed by atoms with Crippen molar-refractivity contribution in [1.82, 2.24) is 5.32 Å². The van der Waals surface area contributed by atoms with Gasteiger partial charge in [0.05, 0.1) is 18.5 Å². The van der Waals surface area contributed by atoms with Crippen LogP contribution in [-0.2, 0) is 10.0 Å². The van der Waals surface area contributed by atoms with Crippen LogP contribution < -0.4 is 14.8 Å². The molecule has 140 valence electrons. The molecular formula is C19H24N2O4S. The minimum Gasteiger partial charge on any atom is -0.491 e. The number of rotatable bonds is 7. The van der Waals surface area contributed by atoms with Crippen LogP contribution in [0.25, 0.3) is 0 Å². The van der Waals surface area contributed by atoms with Gasteiger partial charge in [-0.1, -0.05) is 18.2 Å². The number of anilines is 1. The third-order valence-corrected chi connectivity index (χ3v) is 4.66. The van der Waals surface area contributed by atoms with Crippen LogP contribution in [0.15, 0.2) is 36.4 Å². The summed E-state index contributed by atoms with van der Waals surface area (Å²) in [6.07, 6.45) is 1.07. The van der Waals surface area contributed by atoms with Gasteiger partial charge in [-0.25, -0.2) is 8.42 Å². The molecule has 2 rings (SSSR count). The maximum atomic E-state index is 12.4. The second-order valence-electron chi connectivity index (χ2n) is 6.15. The minimum absolute atomic E-state index is 0.274. The molecule has 2 aromatic carbocycles. The highest BCUT2D eigenvalue weighted by Crippen LogP contribution is 2.21. The van der Waals surface area contributed by atoms with E-state index in [1.807, 2.05) is 32.0 Å². The molecule has 0 fully saturated rings. The predicted molar refractivity (Wildman–Crippen MR) is 103 cm³/mol. The first-order valence-corrected chi connectivity index (χ1v) is 10.1. The van der Waals surface area contributed by atoms with E-state index >= 15 is 0 Å². The number of aryl methyl sites for hydroxylation is 1. The molecule has 0 unspecified atom stereocenters. The molecule has 0 heterocycles. The van der Waals surface area contributed by atoms with Crippen LogP contribution in [0.1, 0.15) is 27.0 Å².